The molecule has 0 fully saturated rings. The van der Waals surface area contributed by atoms with Crippen molar-refractivity contribution in [1.29, 1.82) is 0 Å². The molecular weight excluding hydrogens is 456 g/mol. The van der Waals surface area contributed by atoms with Crippen molar-refractivity contribution in [2.45, 2.75) is 6.42 Å². The Labute approximate surface area is 202 Å². The highest BCUT2D eigenvalue weighted by atomic mass is 16.6. The normalized spacial score (nSPS) is 10.9. The van der Waals surface area contributed by atoms with E-state index in [4.69, 9.17) is 24.7 Å². The van der Waals surface area contributed by atoms with E-state index in [2.05, 4.69) is 5.73 Å². The van der Waals surface area contributed by atoms with Crippen LogP contribution in [0, 0.1) is 0 Å². The summed E-state index contributed by atoms with van der Waals surface area (Å²) in [7, 11) is 2.84. The molecule has 0 unspecified atom stereocenters. The number of allylic oxidation sites excluding steroid dienone is 2. The lowest BCUT2D eigenvalue weighted by Crippen LogP contribution is -2.55. The first-order chi connectivity index (χ1) is 16.8. The number of hydrogen-bond donors (Lipinski definition) is 2. The van der Waals surface area contributed by atoms with Crippen LogP contribution in [0.2, 0.25) is 0 Å². The quantitative estimate of drug-likeness (QED) is 0.194. The standard InChI is InChI=1S/C25H26N2O8/c1-32-22-11-16(5-9-20(22)34-24(30)14-26)3-7-18(28)13-19(29)8-4-17-6-10-21(23(12-17)33-2)35-25(31)15-27/h3-12H,13-15,26-27H2,1-2H3/p+1/b7-3+,8-4+. The van der Waals surface area contributed by atoms with E-state index >= 15 is 0 Å². The van der Waals surface area contributed by atoms with Crippen LogP contribution in [-0.2, 0) is 19.2 Å². The number of nitrogens with two attached hydrogens (primary N) is 1. The van der Waals surface area contributed by atoms with E-state index in [0.29, 0.717) is 22.6 Å². The second-order valence-corrected chi connectivity index (χ2v) is 7.00. The van der Waals surface area contributed by atoms with Gasteiger partial charge in [-0.1, -0.05) is 24.3 Å². The summed E-state index contributed by atoms with van der Waals surface area (Å²) >= 11 is 0. The summed E-state index contributed by atoms with van der Waals surface area (Å²) in [6.45, 7) is -0.294. The molecule has 0 aliphatic carbocycles. The van der Waals surface area contributed by atoms with Gasteiger partial charge in [0.15, 0.2) is 41.1 Å². The van der Waals surface area contributed by atoms with E-state index in [9.17, 15) is 19.2 Å². The van der Waals surface area contributed by atoms with Crippen molar-refractivity contribution in [2.24, 2.45) is 5.73 Å². The van der Waals surface area contributed by atoms with Gasteiger partial charge in [-0.2, -0.15) is 0 Å². The maximum atomic E-state index is 12.2. The predicted molar refractivity (Wildman–Crippen MR) is 127 cm³/mol. The maximum Gasteiger partial charge on any atom is 0.367 e. The minimum Gasteiger partial charge on any atom is -0.493 e. The lowest BCUT2D eigenvalue weighted by Gasteiger charge is -2.09. The molecule has 2 aromatic carbocycles. The van der Waals surface area contributed by atoms with Gasteiger partial charge in [-0.3, -0.25) is 14.4 Å². The number of methoxy groups -OCH3 is 2. The average Bonchev–Trinajstić information content (AvgIpc) is 2.87. The van der Waals surface area contributed by atoms with Crippen LogP contribution in [0.4, 0.5) is 0 Å². The molecular formula is C25H27N2O8+. The Morgan fingerprint density at radius 2 is 1.23 bits per heavy atom. The number of benzene rings is 2. The molecule has 0 aromatic heterocycles. The first-order valence-corrected chi connectivity index (χ1v) is 10.5. The Morgan fingerprint density at radius 3 is 1.63 bits per heavy atom. The molecule has 2 aromatic rings. The third-order valence-corrected chi connectivity index (χ3v) is 4.47. The Bertz CT molecular complexity index is 1060. The number of hydrogen-bond acceptors (Lipinski definition) is 9. The smallest absolute Gasteiger partial charge is 0.367 e. The first-order valence-electron chi connectivity index (χ1n) is 10.5. The number of rotatable bonds is 12. The van der Waals surface area contributed by atoms with Crippen LogP contribution in [0.15, 0.2) is 48.6 Å². The number of ether oxygens (including phenoxy) is 4. The second kappa shape index (κ2) is 13.4. The summed E-state index contributed by atoms with van der Waals surface area (Å²) in [5.74, 6) is -0.845. The molecule has 0 spiro atoms. The van der Waals surface area contributed by atoms with E-state index < -0.39 is 23.5 Å². The zero-order chi connectivity index (χ0) is 25.8. The molecule has 0 saturated carbocycles. The van der Waals surface area contributed by atoms with E-state index in [1.54, 1.807) is 30.3 Å². The third-order valence-electron chi connectivity index (χ3n) is 4.47. The number of esters is 2. The molecule has 0 radical (unpaired) electrons. The minimum atomic E-state index is -0.611. The van der Waals surface area contributed by atoms with Crippen molar-refractivity contribution in [3.63, 3.8) is 0 Å². The molecule has 0 atom stereocenters. The number of ketones is 2. The molecule has 35 heavy (non-hydrogen) atoms. The van der Waals surface area contributed by atoms with E-state index in [-0.39, 0.29) is 31.0 Å². The lowest BCUT2D eigenvalue weighted by atomic mass is 10.1. The van der Waals surface area contributed by atoms with Crippen molar-refractivity contribution in [3.8, 4) is 23.0 Å². The Balaban J connectivity index is 1.99. The highest BCUT2D eigenvalue weighted by Gasteiger charge is 2.11. The van der Waals surface area contributed by atoms with E-state index in [1.165, 1.54) is 44.6 Å². The fourth-order valence-corrected chi connectivity index (χ4v) is 2.75. The average molecular weight is 483 g/mol. The fraction of sp³-hybridized carbons (Fsp3) is 0.200. The molecule has 0 aliphatic heterocycles. The topological polar surface area (TPSA) is 159 Å². The van der Waals surface area contributed by atoms with Gasteiger partial charge in [0.1, 0.15) is 0 Å². The molecule has 2 rings (SSSR count). The van der Waals surface area contributed by atoms with Crippen molar-refractivity contribution in [2.75, 3.05) is 27.3 Å². The summed E-state index contributed by atoms with van der Waals surface area (Å²) in [5.41, 5.74) is 9.92. The van der Waals surface area contributed by atoms with Crippen LogP contribution in [0.5, 0.6) is 23.0 Å². The van der Waals surface area contributed by atoms with E-state index in [1.807, 2.05) is 0 Å². The molecule has 10 heteroatoms. The number of quaternary nitrogens is 1. The van der Waals surface area contributed by atoms with Gasteiger partial charge in [-0.25, -0.2) is 4.79 Å². The zero-order valence-corrected chi connectivity index (χ0v) is 19.4. The lowest BCUT2D eigenvalue weighted by molar-refractivity contribution is -0.358. The minimum absolute atomic E-state index is 0.0230. The summed E-state index contributed by atoms with van der Waals surface area (Å²) in [5, 5.41) is 0. The Kier molecular flexibility index (Phi) is 10.3. The maximum absolute atomic E-state index is 12.2. The predicted octanol–water partition coefficient (Wildman–Crippen LogP) is 0.970. The van der Waals surface area contributed by atoms with Crippen LogP contribution < -0.4 is 30.4 Å². The Morgan fingerprint density at radius 1 is 0.771 bits per heavy atom. The number of carbonyl (C=O) groups excluding carboxylic acids is 4. The fourth-order valence-electron chi connectivity index (χ4n) is 2.75. The Hall–Kier alpha value is -4.28. The number of carbonyl (C=O) groups is 4. The van der Waals surface area contributed by atoms with Gasteiger partial charge in [-0.15, -0.1) is 0 Å². The summed E-state index contributed by atoms with van der Waals surface area (Å²) < 4.78 is 20.6. The molecule has 5 N–H and O–H groups in total. The van der Waals surface area contributed by atoms with Crippen LogP contribution >= 0.6 is 0 Å². The molecule has 10 nitrogen and oxygen atoms in total. The highest BCUT2D eigenvalue weighted by Crippen LogP contribution is 2.29. The van der Waals surface area contributed by atoms with Gasteiger partial charge in [0.05, 0.1) is 27.2 Å². The van der Waals surface area contributed by atoms with Crippen molar-refractivity contribution in [3.05, 3.63) is 59.7 Å². The van der Waals surface area contributed by atoms with Gasteiger partial charge in [0.25, 0.3) is 0 Å². The highest BCUT2D eigenvalue weighted by molar-refractivity contribution is 6.10. The first kappa shape index (κ1) is 27.0. The molecule has 0 heterocycles. The van der Waals surface area contributed by atoms with Gasteiger partial charge >= 0.3 is 11.9 Å². The molecule has 0 bridgehead atoms. The van der Waals surface area contributed by atoms with Gasteiger partial charge in [0.2, 0.25) is 0 Å². The summed E-state index contributed by atoms with van der Waals surface area (Å²) in [4.78, 5) is 47.2. The largest absolute Gasteiger partial charge is 0.493 e. The zero-order valence-electron chi connectivity index (χ0n) is 19.4. The van der Waals surface area contributed by atoms with Crippen molar-refractivity contribution in [1.82, 2.24) is 0 Å². The third kappa shape index (κ3) is 8.54. The van der Waals surface area contributed by atoms with Crippen LogP contribution in [-0.4, -0.2) is 50.8 Å². The molecule has 0 aliphatic rings. The van der Waals surface area contributed by atoms with E-state index in [0.717, 1.165) is 0 Å². The van der Waals surface area contributed by atoms with Gasteiger partial charge < -0.3 is 30.4 Å². The van der Waals surface area contributed by atoms with Crippen LogP contribution in [0.25, 0.3) is 12.2 Å². The molecule has 184 valence electrons. The SMILES string of the molecule is COc1cc(/C=C/C(=O)CC(=O)/C=C/c2ccc(OC(=O)C[NH3+])c(OC)c2)ccc1OC(=O)CN. The second-order valence-electron chi connectivity index (χ2n) is 7.00. The monoisotopic (exact) mass is 483 g/mol. The summed E-state index contributed by atoms with van der Waals surface area (Å²) in [6, 6.07) is 9.50. The van der Waals surface area contributed by atoms with Crippen LogP contribution in [0.1, 0.15) is 17.5 Å². The van der Waals surface area contributed by atoms with Crippen LogP contribution in [0.3, 0.4) is 0 Å². The van der Waals surface area contributed by atoms with Gasteiger partial charge in [0, 0.05) is 0 Å². The molecule has 0 amide bonds. The summed E-state index contributed by atoms with van der Waals surface area (Å²) in [6.07, 6.45) is 5.29. The van der Waals surface area contributed by atoms with Gasteiger partial charge in [-0.05, 0) is 47.5 Å². The molecule has 0 saturated heterocycles. The van der Waals surface area contributed by atoms with Crippen molar-refractivity contribution >= 4 is 35.7 Å². The van der Waals surface area contributed by atoms with Crippen molar-refractivity contribution < 1.29 is 43.9 Å².